The van der Waals surface area contributed by atoms with E-state index in [9.17, 15) is 4.79 Å². The number of carbonyl (C=O) groups is 1. The number of aromatic nitrogens is 1. The minimum absolute atomic E-state index is 0.0629. The summed E-state index contributed by atoms with van der Waals surface area (Å²) in [6.07, 6.45) is 2.67. The predicted octanol–water partition coefficient (Wildman–Crippen LogP) is 2.99. The Morgan fingerprint density at radius 3 is 2.93 bits per heavy atom. The zero-order valence-electron chi connectivity index (χ0n) is 8.32. The number of carbonyl (C=O) groups excluding carboxylic acids is 1. The summed E-state index contributed by atoms with van der Waals surface area (Å²) in [7, 11) is 0. The van der Waals surface area contributed by atoms with Crippen LogP contribution < -0.4 is 4.74 Å². The van der Waals surface area contributed by atoms with E-state index in [2.05, 4.69) is 9.72 Å². The van der Waals surface area contributed by atoms with Crippen LogP contribution in [0.3, 0.4) is 0 Å². The third-order valence-electron chi connectivity index (χ3n) is 1.46. The lowest BCUT2D eigenvalue weighted by atomic mass is 10.5. The maximum absolute atomic E-state index is 11.0. The third kappa shape index (κ3) is 3.60. The molecule has 0 N–H and O–H groups in total. The SMILES string of the molecule is CCOC(=O)Oc1ncc(SC)cc1Cl. The van der Waals surface area contributed by atoms with Crippen molar-refractivity contribution in [2.75, 3.05) is 12.9 Å². The number of thioether (sulfide) groups is 1. The van der Waals surface area contributed by atoms with Gasteiger partial charge in [0.15, 0.2) is 0 Å². The first-order valence-corrected chi connectivity index (χ1v) is 5.81. The fourth-order valence-electron chi connectivity index (χ4n) is 0.821. The van der Waals surface area contributed by atoms with Crippen molar-refractivity contribution in [1.82, 2.24) is 4.98 Å². The topological polar surface area (TPSA) is 48.4 Å². The van der Waals surface area contributed by atoms with E-state index in [1.54, 1.807) is 19.2 Å². The van der Waals surface area contributed by atoms with Gasteiger partial charge in [0.25, 0.3) is 0 Å². The Hall–Kier alpha value is -0.940. The summed E-state index contributed by atoms with van der Waals surface area (Å²) in [6.45, 7) is 1.94. The lowest BCUT2D eigenvalue weighted by Crippen LogP contribution is -2.11. The van der Waals surface area contributed by atoms with E-state index in [1.165, 1.54) is 11.8 Å². The molecular weight excluding hydrogens is 238 g/mol. The molecule has 0 spiro atoms. The van der Waals surface area contributed by atoms with Crippen molar-refractivity contribution < 1.29 is 14.3 Å². The van der Waals surface area contributed by atoms with Gasteiger partial charge < -0.3 is 9.47 Å². The van der Waals surface area contributed by atoms with Crippen LogP contribution in [0.25, 0.3) is 0 Å². The second-order valence-corrected chi connectivity index (χ2v) is 3.73. The number of rotatable bonds is 3. The molecule has 0 saturated carbocycles. The minimum atomic E-state index is -0.802. The Balaban J connectivity index is 2.73. The van der Waals surface area contributed by atoms with Crippen molar-refractivity contribution in [2.45, 2.75) is 11.8 Å². The van der Waals surface area contributed by atoms with Gasteiger partial charge in [-0.05, 0) is 19.2 Å². The Morgan fingerprint density at radius 1 is 1.67 bits per heavy atom. The highest BCUT2D eigenvalue weighted by atomic mass is 35.5. The second-order valence-electron chi connectivity index (χ2n) is 2.45. The van der Waals surface area contributed by atoms with Crippen molar-refractivity contribution in [1.29, 1.82) is 0 Å². The molecule has 6 heteroatoms. The van der Waals surface area contributed by atoms with Crippen LogP contribution in [0, 0.1) is 0 Å². The summed E-state index contributed by atoms with van der Waals surface area (Å²) in [5.41, 5.74) is 0. The van der Waals surface area contributed by atoms with Gasteiger partial charge >= 0.3 is 6.16 Å². The standard InChI is InChI=1S/C9H10ClNO3S/c1-3-13-9(12)14-8-7(10)4-6(15-2)5-11-8/h4-5H,3H2,1-2H3. The fraction of sp³-hybridized carbons (Fsp3) is 0.333. The van der Waals surface area contributed by atoms with Crippen molar-refractivity contribution in [3.8, 4) is 5.88 Å². The summed E-state index contributed by atoms with van der Waals surface area (Å²) in [6, 6.07) is 1.67. The number of halogens is 1. The number of pyridine rings is 1. The molecule has 0 aliphatic rings. The second kappa shape index (κ2) is 5.82. The molecule has 0 amide bonds. The minimum Gasteiger partial charge on any atom is -0.434 e. The predicted molar refractivity (Wildman–Crippen MR) is 58.7 cm³/mol. The number of hydrogen-bond acceptors (Lipinski definition) is 5. The normalized spacial score (nSPS) is 9.80. The average molecular weight is 248 g/mol. The van der Waals surface area contributed by atoms with Crippen molar-refractivity contribution in [3.05, 3.63) is 17.3 Å². The van der Waals surface area contributed by atoms with E-state index in [-0.39, 0.29) is 17.5 Å². The van der Waals surface area contributed by atoms with Crippen LogP contribution in [0.4, 0.5) is 4.79 Å². The summed E-state index contributed by atoms with van der Waals surface area (Å²) in [5.74, 6) is 0.0629. The molecule has 1 heterocycles. The Kier molecular flexibility index (Phi) is 4.71. The number of hydrogen-bond donors (Lipinski definition) is 0. The highest BCUT2D eigenvalue weighted by Gasteiger charge is 2.10. The number of nitrogens with zero attached hydrogens (tertiary/aromatic N) is 1. The first-order valence-electron chi connectivity index (χ1n) is 4.21. The van der Waals surface area contributed by atoms with Gasteiger partial charge in [-0.15, -0.1) is 11.8 Å². The molecule has 1 aromatic heterocycles. The van der Waals surface area contributed by atoms with E-state index in [4.69, 9.17) is 16.3 Å². The zero-order chi connectivity index (χ0) is 11.3. The lowest BCUT2D eigenvalue weighted by Gasteiger charge is -2.05. The van der Waals surface area contributed by atoms with Gasteiger partial charge in [-0.2, -0.15) is 0 Å². The van der Waals surface area contributed by atoms with E-state index in [0.717, 1.165) is 4.90 Å². The molecule has 4 nitrogen and oxygen atoms in total. The number of ether oxygens (including phenoxy) is 2. The van der Waals surface area contributed by atoms with Crippen LogP contribution in [0.5, 0.6) is 5.88 Å². The molecule has 0 radical (unpaired) electrons. The Morgan fingerprint density at radius 2 is 2.40 bits per heavy atom. The molecule has 0 fully saturated rings. The van der Waals surface area contributed by atoms with Crippen molar-refractivity contribution >= 4 is 29.5 Å². The lowest BCUT2D eigenvalue weighted by molar-refractivity contribution is 0.102. The summed E-state index contributed by atoms with van der Waals surface area (Å²) in [5, 5.41) is 0.287. The summed E-state index contributed by atoms with van der Waals surface area (Å²) < 4.78 is 9.36. The molecule has 1 rings (SSSR count). The van der Waals surface area contributed by atoms with Gasteiger partial charge in [-0.3, -0.25) is 0 Å². The summed E-state index contributed by atoms with van der Waals surface area (Å²) in [4.78, 5) is 15.8. The van der Waals surface area contributed by atoms with E-state index in [0.29, 0.717) is 0 Å². The smallest absolute Gasteiger partial charge is 0.434 e. The summed E-state index contributed by atoms with van der Waals surface area (Å²) >= 11 is 7.35. The average Bonchev–Trinajstić information content (AvgIpc) is 2.21. The fourth-order valence-corrected chi connectivity index (χ4v) is 1.48. The molecule has 0 aromatic carbocycles. The van der Waals surface area contributed by atoms with Gasteiger partial charge in [-0.1, -0.05) is 11.6 Å². The molecular formula is C9H10ClNO3S. The molecule has 82 valence electrons. The van der Waals surface area contributed by atoms with Crippen LogP contribution in [0.2, 0.25) is 5.02 Å². The van der Waals surface area contributed by atoms with Crippen molar-refractivity contribution in [2.24, 2.45) is 0 Å². The van der Waals surface area contributed by atoms with E-state index >= 15 is 0 Å². The molecule has 0 atom stereocenters. The van der Waals surface area contributed by atoms with Gasteiger partial charge in [0, 0.05) is 11.1 Å². The zero-order valence-corrected chi connectivity index (χ0v) is 9.89. The molecule has 0 saturated heterocycles. The molecule has 0 aliphatic heterocycles. The molecule has 0 bridgehead atoms. The monoisotopic (exact) mass is 247 g/mol. The first kappa shape index (κ1) is 12.1. The highest BCUT2D eigenvalue weighted by molar-refractivity contribution is 7.98. The van der Waals surface area contributed by atoms with Gasteiger partial charge in [0.2, 0.25) is 5.88 Å². The van der Waals surface area contributed by atoms with Gasteiger partial charge in [0.1, 0.15) is 5.02 Å². The van der Waals surface area contributed by atoms with Gasteiger partial charge in [0.05, 0.1) is 6.61 Å². The highest BCUT2D eigenvalue weighted by Crippen LogP contribution is 2.26. The molecule has 0 aliphatic carbocycles. The third-order valence-corrected chi connectivity index (χ3v) is 2.43. The quantitative estimate of drug-likeness (QED) is 0.607. The molecule has 1 aromatic rings. The Bertz CT molecular complexity index is 359. The molecule has 0 unspecified atom stereocenters. The van der Waals surface area contributed by atoms with Crippen LogP contribution in [0.15, 0.2) is 17.2 Å². The van der Waals surface area contributed by atoms with Gasteiger partial charge in [-0.25, -0.2) is 9.78 Å². The first-order chi connectivity index (χ1) is 7.17. The largest absolute Gasteiger partial charge is 0.515 e. The van der Waals surface area contributed by atoms with E-state index in [1.807, 2.05) is 6.26 Å². The molecule has 15 heavy (non-hydrogen) atoms. The van der Waals surface area contributed by atoms with Crippen molar-refractivity contribution in [3.63, 3.8) is 0 Å². The van der Waals surface area contributed by atoms with Crippen LogP contribution >= 0.6 is 23.4 Å². The maximum Gasteiger partial charge on any atom is 0.515 e. The van der Waals surface area contributed by atoms with E-state index < -0.39 is 6.16 Å². The van der Waals surface area contributed by atoms with Crippen LogP contribution in [-0.4, -0.2) is 24.0 Å². The Labute approximate surface area is 96.9 Å². The maximum atomic E-state index is 11.0. The van der Waals surface area contributed by atoms with Crippen LogP contribution in [0.1, 0.15) is 6.92 Å². The van der Waals surface area contributed by atoms with Crippen LogP contribution in [-0.2, 0) is 4.74 Å².